The quantitative estimate of drug-likeness (QED) is 0.864. The molecule has 1 saturated heterocycles. The van der Waals surface area contributed by atoms with Crippen molar-refractivity contribution in [2.75, 3.05) is 13.1 Å². The lowest BCUT2D eigenvalue weighted by Crippen LogP contribution is -2.40. The van der Waals surface area contributed by atoms with Gasteiger partial charge >= 0.3 is 5.97 Å². The van der Waals surface area contributed by atoms with Gasteiger partial charge in [0.15, 0.2) is 0 Å². The van der Waals surface area contributed by atoms with Crippen molar-refractivity contribution in [2.45, 2.75) is 25.5 Å². The van der Waals surface area contributed by atoms with Crippen molar-refractivity contribution >= 4 is 17.6 Å². The Balaban J connectivity index is 1.66. The first-order chi connectivity index (χ1) is 12.0. The summed E-state index contributed by atoms with van der Waals surface area (Å²) >= 11 is 6.06. The molecule has 4 nitrogen and oxygen atoms in total. The van der Waals surface area contributed by atoms with Gasteiger partial charge in [-0.3, -0.25) is 4.90 Å². The topological polar surface area (TPSA) is 49.8 Å². The van der Waals surface area contributed by atoms with Gasteiger partial charge in [-0.25, -0.2) is 9.18 Å². The Hall–Kier alpha value is -2.11. The van der Waals surface area contributed by atoms with Gasteiger partial charge in [0.05, 0.1) is 10.6 Å². The van der Waals surface area contributed by atoms with E-state index in [9.17, 15) is 9.18 Å². The summed E-state index contributed by atoms with van der Waals surface area (Å²) in [5, 5.41) is 9.04. The first kappa shape index (κ1) is 17.7. The lowest BCUT2D eigenvalue weighted by molar-refractivity contribution is 0.0691. The van der Waals surface area contributed by atoms with Crippen molar-refractivity contribution in [1.29, 1.82) is 0 Å². The number of carboxylic acid groups (broad SMARTS) is 1. The Morgan fingerprint density at radius 1 is 1.32 bits per heavy atom. The molecule has 0 amide bonds. The van der Waals surface area contributed by atoms with Crippen LogP contribution in [-0.4, -0.2) is 35.2 Å². The summed E-state index contributed by atoms with van der Waals surface area (Å²) < 4.78 is 19.7. The highest BCUT2D eigenvalue weighted by Crippen LogP contribution is 2.30. The standard InChI is InChI=1S/C19H19ClFNO3/c20-16-9-15(19(23)24)17(21)10-18(16)25-14-7-4-8-22(12-14)11-13-5-2-1-3-6-13/h1-3,5-6,9-10,14H,4,7-8,11-12H2,(H,23,24)/t14-/m1/s1. The first-order valence-electron chi connectivity index (χ1n) is 8.18. The molecule has 2 aromatic carbocycles. The summed E-state index contributed by atoms with van der Waals surface area (Å²) in [7, 11) is 0. The molecule has 0 saturated carbocycles. The average molecular weight is 364 g/mol. The molecule has 1 heterocycles. The van der Waals surface area contributed by atoms with Crippen LogP contribution in [0.3, 0.4) is 0 Å². The zero-order valence-corrected chi connectivity index (χ0v) is 14.4. The molecule has 1 fully saturated rings. The van der Waals surface area contributed by atoms with Crippen molar-refractivity contribution in [3.05, 3.63) is 64.4 Å². The third-order valence-corrected chi connectivity index (χ3v) is 4.55. The third-order valence-electron chi connectivity index (χ3n) is 4.26. The average Bonchev–Trinajstić information content (AvgIpc) is 2.59. The minimum absolute atomic E-state index is 0.106. The number of benzene rings is 2. The molecular formula is C19H19ClFNO3. The van der Waals surface area contributed by atoms with E-state index in [0.717, 1.165) is 38.1 Å². The minimum Gasteiger partial charge on any atom is -0.487 e. The lowest BCUT2D eigenvalue weighted by atomic mass is 10.1. The monoisotopic (exact) mass is 363 g/mol. The molecule has 1 aliphatic rings. The highest BCUT2D eigenvalue weighted by Gasteiger charge is 2.23. The van der Waals surface area contributed by atoms with Crippen LogP contribution in [0.25, 0.3) is 0 Å². The van der Waals surface area contributed by atoms with Gasteiger partial charge in [0.25, 0.3) is 0 Å². The largest absolute Gasteiger partial charge is 0.487 e. The summed E-state index contributed by atoms with van der Waals surface area (Å²) in [5.74, 6) is -2.00. The van der Waals surface area contributed by atoms with Crippen LogP contribution in [0.4, 0.5) is 4.39 Å². The molecule has 1 aliphatic heterocycles. The third kappa shape index (κ3) is 4.50. The number of piperidine rings is 1. The zero-order valence-electron chi connectivity index (χ0n) is 13.6. The smallest absolute Gasteiger partial charge is 0.338 e. The van der Waals surface area contributed by atoms with Gasteiger partial charge in [-0.05, 0) is 31.0 Å². The van der Waals surface area contributed by atoms with E-state index in [-0.39, 0.29) is 16.9 Å². The second-order valence-corrected chi connectivity index (χ2v) is 6.58. The van der Waals surface area contributed by atoms with E-state index in [4.69, 9.17) is 21.4 Å². The van der Waals surface area contributed by atoms with E-state index in [1.54, 1.807) is 0 Å². The summed E-state index contributed by atoms with van der Waals surface area (Å²) in [6.07, 6.45) is 1.72. The number of likely N-dealkylation sites (tertiary alicyclic amines) is 1. The van der Waals surface area contributed by atoms with E-state index >= 15 is 0 Å². The fourth-order valence-corrected chi connectivity index (χ4v) is 3.27. The molecule has 0 aromatic heterocycles. The fourth-order valence-electron chi connectivity index (χ4n) is 3.06. The molecular weight excluding hydrogens is 345 g/mol. The predicted molar refractivity (Wildman–Crippen MR) is 93.7 cm³/mol. The second kappa shape index (κ2) is 7.85. The maximum absolute atomic E-state index is 13.9. The number of halogens is 2. The highest BCUT2D eigenvalue weighted by atomic mass is 35.5. The van der Waals surface area contributed by atoms with Crippen molar-refractivity contribution in [3.8, 4) is 5.75 Å². The van der Waals surface area contributed by atoms with Crippen LogP contribution in [0.15, 0.2) is 42.5 Å². The van der Waals surface area contributed by atoms with Crippen LogP contribution in [0.1, 0.15) is 28.8 Å². The van der Waals surface area contributed by atoms with Gasteiger partial charge in [0.2, 0.25) is 0 Å². The zero-order chi connectivity index (χ0) is 17.8. The van der Waals surface area contributed by atoms with Crippen molar-refractivity contribution in [1.82, 2.24) is 4.90 Å². The second-order valence-electron chi connectivity index (χ2n) is 6.17. The molecule has 132 valence electrons. The minimum atomic E-state index is -1.35. The van der Waals surface area contributed by atoms with Gasteiger partial charge in [0.1, 0.15) is 17.7 Å². The highest BCUT2D eigenvalue weighted by molar-refractivity contribution is 6.32. The Kier molecular flexibility index (Phi) is 5.56. The predicted octanol–water partition coefficient (Wildman–Crippen LogP) is 4.22. The van der Waals surface area contributed by atoms with Crippen molar-refractivity contribution < 1.29 is 19.0 Å². The normalized spacial score (nSPS) is 18.1. The number of aromatic carboxylic acids is 1. The SMILES string of the molecule is O=C(O)c1cc(Cl)c(O[C@@H]2CCCN(Cc3ccccc3)C2)cc1F. The summed E-state index contributed by atoms with van der Waals surface area (Å²) in [6.45, 7) is 2.53. The van der Waals surface area contributed by atoms with Gasteiger partial charge in [-0.1, -0.05) is 41.9 Å². The number of nitrogens with zero attached hydrogens (tertiary/aromatic N) is 1. The molecule has 3 rings (SSSR count). The van der Waals surface area contributed by atoms with Crippen LogP contribution in [-0.2, 0) is 6.54 Å². The van der Waals surface area contributed by atoms with Gasteiger partial charge in [-0.15, -0.1) is 0 Å². The molecule has 0 spiro atoms. The molecule has 0 unspecified atom stereocenters. The molecule has 0 radical (unpaired) electrons. The summed E-state index contributed by atoms with van der Waals surface area (Å²) in [6, 6.07) is 12.3. The molecule has 2 aromatic rings. The number of ether oxygens (including phenoxy) is 1. The van der Waals surface area contributed by atoms with E-state index in [2.05, 4.69) is 17.0 Å². The van der Waals surface area contributed by atoms with E-state index in [1.165, 1.54) is 5.56 Å². The Labute approximate surface area is 150 Å². The fraction of sp³-hybridized carbons (Fsp3) is 0.316. The van der Waals surface area contributed by atoms with Crippen LogP contribution in [0, 0.1) is 5.82 Å². The number of carbonyl (C=O) groups is 1. The van der Waals surface area contributed by atoms with E-state index < -0.39 is 17.3 Å². The number of carboxylic acids is 1. The molecule has 6 heteroatoms. The summed E-state index contributed by atoms with van der Waals surface area (Å²) in [4.78, 5) is 13.2. The number of hydrogen-bond acceptors (Lipinski definition) is 3. The maximum atomic E-state index is 13.9. The molecule has 0 aliphatic carbocycles. The number of rotatable bonds is 5. The van der Waals surface area contributed by atoms with Gasteiger partial charge in [-0.2, -0.15) is 0 Å². The van der Waals surface area contributed by atoms with Crippen molar-refractivity contribution in [3.63, 3.8) is 0 Å². The van der Waals surface area contributed by atoms with Gasteiger partial charge < -0.3 is 9.84 Å². The van der Waals surface area contributed by atoms with Crippen LogP contribution < -0.4 is 4.74 Å². The molecule has 0 bridgehead atoms. The van der Waals surface area contributed by atoms with Crippen LogP contribution in [0.2, 0.25) is 5.02 Å². The van der Waals surface area contributed by atoms with E-state index in [0.29, 0.717) is 6.54 Å². The molecule has 25 heavy (non-hydrogen) atoms. The number of hydrogen-bond donors (Lipinski definition) is 1. The molecule has 1 N–H and O–H groups in total. The maximum Gasteiger partial charge on any atom is 0.338 e. The lowest BCUT2D eigenvalue weighted by Gasteiger charge is -2.33. The van der Waals surface area contributed by atoms with Crippen LogP contribution in [0.5, 0.6) is 5.75 Å². The summed E-state index contributed by atoms with van der Waals surface area (Å²) in [5.41, 5.74) is 0.782. The van der Waals surface area contributed by atoms with Crippen LogP contribution >= 0.6 is 11.6 Å². The Bertz CT molecular complexity index is 754. The Morgan fingerprint density at radius 2 is 2.08 bits per heavy atom. The Morgan fingerprint density at radius 3 is 2.80 bits per heavy atom. The van der Waals surface area contributed by atoms with Gasteiger partial charge in [0, 0.05) is 19.2 Å². The first-order valence-corrected chi connectivity index (χ1v) is 8.56. The molecule has 1 atom stereocenters. The van der Waals surface area contributed by atoms with E-state index in [1.807, 2.05) is 18.2 Å². The van der Waals surface area contributed by atoms with Crippen molar-refractivity contribution in [2.24, 2.45) is 0 Å².